The summed E-state index contributed by atoms with van der Waals surface area (Å²) in [6, 6.07) is 0. The summed E-state index contributed by atoms with van der Waals surface area (Å²) in [5.74, 6) is 0.384. The van der Waals surface area contributed by atoms with Gasteiger partial charge in [-0.2, -0.15) is 4.98 Å². The fraction of sp³-hybridized carbons (Fsp3) is 0. The SMILES string of the molecule is [O-][N+]1(c2ncc[nH]2)C=CC=C1. The number of hydrogen-bond donors (Lipinski definition) is 1. The van der Waals surface area contributed by atoms with E-state index in [0.717, 1.165) is 0 Å². The van der Waals surface area contributed by atoms with E-state index in [-0.39, 0.29) is 0 Å². The average Bonchev–Trinajstić information content (AvgIpc) is 2.55. The molecule has 0 amide bonds. The largest absolute Gasteiger partial charge is 0.615 e. The summed E-state index contributed by atoms with van der Waals surface area (Å²) in [6.45, 7) is 0. The molecule has 0 aliphatic carbocycles. The topological polar surface area (TPSA) is 51.7 Å². The van der Waals surface area contributed by atoms with Gasteiger partial charge >= 0.3 is 5.95 Å². The molecule has 2 heterocycles. The fourth-order valence-electron chi connectivity index (χ4n) is 0.994. The van der Waals surface area contributed by atoms with Crippen molar-refractivity contribution < 1.29 is 0 Å². The Kier molecular flexibility index (Phi) is 1.18. The Bertz CT molecular complexity index is 287. The van der Waals surface area contributed by atoms with Crippen molar-refractivity contribution in [3.05, 3.63) is 42.2 Å². The first-order valence-electron chi connectivity index (χ1n) is 3.28. The lowest BCUT2D eigenvalue weighted by atomic mass is 10.6. The number of nitrogens with zero attached hydrogens (tertiary/aromatic N) is 2. The number of hydrogen-bond acceptors (Lipinski definition) is 2. The molecule has 0 bridgehead atoms. The number of imidazole rings is 1. The van der Waals surface area contributed by atoms with Gasteiger partial charge in [0.05, 0.1) is 6.20 Å². The van der Waals surface area contributed by atoms with Crippen molar-refractivity contribution >= 4 is 5.95 Å². The summed E-state index contributed by atoms with van der Waals surface area (Å²) in [4.78, 5) is 6.64. The molecule has 11 heavy (non-hydrogen) atoms. The highest BCUT2D eigenvalue weighted by molar-refractivity contribution is 5.39. The molecule has 1 aromatic rings. The van der Waals surface area contributed by atoms with Gasteiger partial charge in [-0.3, -0.25) is 4.98 Å². The summed E-state index contributed by atoms with van der Waals surface area (Å²) in [6.07, 6.45) is 9.63. The maximum Gasteiger partial charge on any atom is 0.315 e. The Balaban J connectivity index is 2.43. The Morgan fingerprint density at radius 1 is 1.36 bits per heavy atom. The van der Waals surface area contributed by atoms with Gasteiger partial charge in [0.15, 0.2) is 0 Å². The normalized spacial score (nSPS) is 19.4. The Morgan fingerprint density at radius 3 is 2.64 bits per heavy atom. The molecule has 4 heteroatoms. The number of rotatable bonds is 1. The number of nitrogens with one attached hydrogen (secondary N) is 1. The molecule has 0 fully saturated rings. The van der Waals surface area contributed by atoms with Crippen LogP contribution in [0.15, 0.2) is 36.9 Å². The van der Waals surface area contributed by atoms with Crippen LogP contribution in [0.25, 0.3) is 0 Å². The monoisotopic (exact) mass is 149 g/mol. The predicted molar refractivity (Wildman–Crippen MR) is 42.0 cm³/mol. The highest BCUT2D eigenvalue weighted by Crippen LogP contribution is 2.21. The molecule has 2 rings (SSSR count). The molecular formula is C7H7N3O. The average molecular weight is 149 g/mol. The first-order chi connectivity index (χ1) is 5.31. The third-order valence-corrected chi connectivity index (χ3v) is 1.54. The summed E-state index contributed by atoms with van der Waals surface area (Å²) in [5.41, 5.74) is 0. The minimum atomic E-state index is -0.618. The van der Waals surface area contributed by atoms with Crippen molar-refractivity contribution in [3.8, 4) is 0 Å². The molecule has 1 aromatic heterocycles. The van der Waals surface area contributed by atoms with Gasteiger partial charge in [-0.05, 0) is 12.2 Å². The lowest BCUT2D eigenvalue weighted by Crippen LogP contribution is -2.28. The van der Waals surface area contributed by atoms with Crippen LogP contribution in [0.2, 0.25) is 0 Å². The molecule has 0 aromatic carbocycles. The van der Waals surface area contributed by atoms with Gasteiger partial charge in [-0.1, -0.05) is 0 Å². The Labute approximate surface area is 63.7 Å². The fourth-order valence-corrected chi connectivity index (χ4v) is 0.994. The van der Waals surface area contributed by atoms with Crippen molar-refractivity contribution in [3.63, 3.8) is 0 Å². The van der Waals surface area contributed by atoms with E-state index in [2.05, 4.69) is 9.97 Å². The van der Waals surface area contributed by atoms with Crippen LogP contribution in [0.1, 0.15) is 0 Å². The van der Waals surface area contributed by atoms with E-state index >= 15 is 0 Å². The first kappa shape index (κ1) is 6.33. The van der Waals surface area contributed by atoms with Crippen LogP contribution in [0.5, 0.6) is 0 Å². The first-order valence-corrected chi connectivity index (χ1v) is 3.28. The van der Waals surface area contributed by atoms with Gasteiger partial charge in [0.25, 0.3) is 0 Å². The van der Waals surface area contributed by atoms with E-state index < -0.39 is 4.65 Å². The van der Waals surface area contributed by atoms with Crippen molar-refractivity contribution in [2.45, 2.75) is 0 Å². The third-order valence-electron chi connectivity index (χ3n) is 1.54. The highest BCUT2D eigenvalue weighted by Gasteiger charge is 2.19. The maximum atomic E-state index is 11.6. The summed E-state index contributed by atoms with van der Waals surface area (Å²) in [7, 11) is 0. The minimum Gasteiger partial charge on any atom is -0.615 e. The number of hydroxylamine groups is 2. The molecule has 0 saturated heterocycles. The van der Waals surface area contributed by atoms with Gasteiger partial charge in [-0.15, -0.1) is 0 Å². The molecule has 0 unspecified atom stereocenters. The molecule has 1 N–H and O–H groups in total. The third kappa shape index (κ3) is 0.886. The van der Waals surface area contributed by atoms with E-state index in [4.69, 9.17) is 0 Å². The molecule has 4 nitrogen and oxygen atoms in total. The van der Waals surface area contributed by atoms with Crippen LogP contribution in [-0.2, 0) is 0 Å². The van der Waals surface area contributed by atoms with Crippen molar-refractivity contribution in [1.29, 1.82) is 0 Å². The molecule has 0 saturated carbocycles. The summed E-state index contributed by atoms with van der Waals surface area (Å²) < 4.78 is -0.618. The predicted octanol–water partition coefficient (Wildman–Crippen LogP) is 1.26. The van der Waals surface area contributed by atoms with Gasteiger partial charge in [0.2, 0.25) is 0 Å². The van der Waals surface area contributed by atoms with Crippen molar-refractivity contribution in [1.82, 2.24) is 14.6 Å². The highest BCUT2D eigenvalue weighted by atomic mass is 16.5. The maximum absolute atomic E-state index is 11.6. The molecule has 1 aliphatic rings. The van der Waals surface area contributed by atoms with Crippen molar-refractivity contribution in [2.75, 3.05) is 0 Å². The van der Waals surface area contributed by atoms with Gasteiger partial charge < -0.3 is 5.21 Å². The van der Waals surface area contributed by atoms with E-state index in [1.165, 1.54) is 12.4 Å². The number of quaternary nitrogens is 1. The molecule has 0 atom stereocenters. The smallest absolute Gasteiger partial charge is 0.315 e. The van der Waals surface area contributed by atoms with Gasteiger partial charge in [0, 0.05) is 6.20 Å². The minimum absolute atomic E-state index is 0.384. The lowest BCUT2D eigenvalue weighted by Gasteiger charge is -2.28. The van der Waals surface area contributed by atoms with E-state index in [9.17, 15) is 5.21 Å². The van der Waals surface area contributed by atoms with E-state index in [0.29, 0.717) is 5.95 Å². The van der Waals surface area contributed by atoms with E-state index in [1.54, 1.807) is 24.5 Å². The zero-order chi connectivity index (χ0) is 7.73. The quantitative estimate of drug-likeness (QED) is 0.482. The lowest BCUT2D eigenvalue weighted by molar-refractivity contribution is 0.636. The molecular weight excluding hydrogens is 142 g/mol. The molecule has 0 radical (unpaired) electrons. The second kappa shape index (κ2) is 2.05. The van der Waals surface area contributed by atoms with Crippen LogP contribution in [0.3, 0.4) is 0 Å². The Morgan fingerprint density at radius 2 is 2.09 bits per heavy atom. The number of aromatic amines is 1. The number of H-pyrrole nitrogens is 1. The summed E-state index contributed by atoms with van der Waals surface area (Å²) >= 11 is 0. The van der Waals surface area contributed by atoms with Gasteiger partial charge in [0.1, 0.15) is 12.4 Å². The molecule has 1 aliphatic heterocycles. The molecule has 56 valence electrons. The van der Waals surface area contributed by atoms with Crippen LogP contribution in [-0.4, -0.2) is 9.97 Å². The van der Waals surface area contributed by atoms with Crippen LogP contribution in [0, 0.1) is 5.21 Å². The van der Waals surface area contributed by atoms with Crippen LogP contribution < -0.4 is 4.65 Å². The zero-order valence-corrected chi connectivity index (χ0v) is 5.77. The number of aromatic nitrogens is 2. The Hall–Kier alpha value is -1.39. The second-order valence-electron chi connectivity index (χ2n) is 2.31. The summed E-state index contributed by atoms with van der Waals surface area (Å²) in [5, 5.41) is 11.6. The number of allylic oxidation sites excluding steroid dienone is 2. The van der Waals surface area contributed by atoms with E-state index in [1.807, 2.05) is 0 Å². The van der Waals surface area contributed by atoms with Crippen LogP contribution >= 0.6 is 0 Å². The van der Waals surface area contributed by atoms with Gasteiger partial charge in [-0.25, -0.2) is 4.65 Å². The van der Waals surface area contributed by atoms with Crippen molar-refractivity contribution in [2.24, 2.45) is 0 Å². The van der Waals surface area contributed by atoms with Crippen LogP contribution in [0.4, 0.5) is 5.95 Å². The zero-order valence-electron chi connectivity index (χ0n) is 5.77. The standard InChI is InChI=1S/C7H7N3O/c11-10(5-1-2-6-10)7-8-3-4-9-7/h1-6H,(H,8,9). The molecule has 0 spiro atoms. The second-order valence-corrected chi connectivity index (χ2v) is 2.31.